The summed E-state index contributed by atoms with van der Waals surface area (Å²) < 4.78 is 27.3. The summed E-state index contributed by atoms with van der Waals surface area (Å²) >= 11 is 1.31. The minimum atomic E-state index is -1.59. The molecule has 0 heterocycles. The lowest BCUT2D eigenvalue weighted by Gasteiger charge is -2.26. The van der Waals surface area contributed by atoms with Crippen molar-refractivity contribution in [3.05, 3.63) is 35.9 Å². The molecule has 0 bridgehead atoms. The van der Waals surface area contributed by atoms with Crippen LogP contribution in [0.2, 0.25) is 0 Å². The molecule has 0 aliphatic heterocycles. The van der Waals surface area contributed by atoms with E-state index in [2.05, 4.69) is 30.7 Å². The van der Waals surface area contributed by atoms with Crippen LogP contribution >= 0.6 is 11.8 Å². The monoisotopic (exact) mass is 685 g/mol. The summed E-state index contributed by atoms with van der Waals surface area (Å²) in [4.78, 5) is 99.5. The number of rotatable bonds is 21. The Kier molecular flexibility index (Phi) is 18.8. The Labute approximate surface area is 274 Å². The molecule has 0 aromatic heterocycles. The molecule has 0 aliphatic rings. The van der Waals surface area contributed by atoms with Crippen LogP contribution < -0.4 is 27.0 Å². The first kappa shape index (κ1) is 40.3. The number of primary amides is 1. The molecule has 18 heteroatoms. The Morgan fingerprint density at radius 2 is 1.28 bits per heavy atom. The number of hydrogen-bond acceptors (Lipinski definition) is 12. The van der Waals surface area contributed by atoms with Crippen molar-refractivity contribution in [3.8, 4) is 0 Å². The largest absolute Gasteiger partial charge is 0.469 e. The van der Waals surface area contributed by atoms with Gasteiger partial charge in [0, 0.05) is 6.42 Å². The number of carbonyl (C=O) groups excluding carboxylic acids is 8. The molecule has 1 rings (SSSR count). The van der Waals surface area contributed by atoms with Crippen LogP contribution in [0.4, 0.5) is 9.18 Å². The Morgan fingerprint density at radius 1 is 0.766 bits per heavy atom. The van der Waals surface area contributed by atoms with Gasteiger partial charge in [-0.2, -0.15) is 11.8 Å². The van der Waals surface area contributed by atoms with E-state index in [9.17, 15) is 42.7 Å². The number of nitrogens with one attached hydrogen (secondary N) is 4. The van der Waals surface area contributed by atoms with Gasteiger partial charge in [0.15, 0.2) is 5.78 Å². The maximum atomic E-state index is 13.4. The zero-order chi connectivity index (χ0) is 35.4. The number of halogens is 1. The van der Waals surface area contributed by atoms with E-state index in [0.717, 1.165) is 14.2 Å². The van der Waals surface area contributed by atoms with Crippen molar-refractivity contribution in [2.45, 2.75) is 62.9 Å². The number of nitrogens with two attached hydrogens (primary N) is 1. The summed E-state index contributed by atoms with van der Waals surface area (Å²) in [7, 11) is 2.10. The second-order valence-corrected chi connectivity index (χ2v) is 10.9. The van der Waals surface area contributed by atoms with Gasteiger partial charge in [-0.25, -0.2) is 9.18 Å². The van der Waals surface area contributed by atoms with Crippen molar-refractivity contribution in [3.63, 3.8) is 0 Å². The molecular formula is C29H40FN5O11S. The Morgan fingerprint density at radius 3 is 1.79 bits per heavy atom. The Hall–Kier alpha value is -4.74. The molecule has 0 spiro atoms. The van der Waals surface area contributed by atoms with Crippen LogP contribution in [0.5, 0.6) is 0 Å². The van der Waals surface area contributed by atoms with E-state index in [-0.39, 0.29) is 25.9 Å². The highest BCUT2D eigenvalue weighted by atomic mass is 32.2. The van der Waals surface area contributed by atoms with Gasteiger partial charge in [0.05, 0.1) is 27.1 Å². The van der Waals surface area contributed by atoms with E-state index >= 15 is 0 Å². The summed E-state index contributed by atoms with van der Waals surface area (Å²) in [6.07, 6.45) is -1.39. The normalized spacial score (nSPS) is 13.0. The van der Waals surface area contributed by atoms with Gasteiger partial charge in [-0.15, -0.1) is 0 Å². The van der Waals surface area contributed by atoms with Gasteiger partial charge in [-0.05, 0) is 30.4 Å². The van der Waals surface area contributed by atoms with Crippen LogP contribution in [0.1, 0.15) is 37.7 Å². The van der Waals surface area contributed by atoms with E-state index in [1.165, 1.54) is 11.8 Å². The molecule has 47 heavy (non-hydrogen) atoms. The predicted molar refractivity (Wildman–Crippen MR) is 165 cm³/mol. The molecule has 0 fully saturated rings. The Bertz CT molecular complexity index is 1250. The van der Waals surface area contributed by atoms with Gasteiger partial charge in [0.25, 0.3) is 0 Å². The lowest BCUT2D eigenvalue weighted by molar-refractivity contribution is -0.144. The molecule has 5 amide bonds. The zero-order valence-electron chi connectivity index (χ0n) is 26.2. The fourth-order valence-corrected chi connectivity index (χ4v) is 4.30. The number of ether oxygens (including phenoxy) is 3. The molecule has 1 aromatic carbocycles. The number of ketones is 1. The van der Waals surface area contributed by atoms with Crippen molar-refractivity contribution in [1.29, 1.82) is 0 Å². The van der Waals surface area contributed by atoms with Crippen molar-refractivity contribution in [2.75, 3.05) is 32.9 Å². The third-order valence-corrected chi connectivity index (χ3v) is 7.06. The smallest absolute Gasteiger partial charge is 0.408 e. The number of Topliss-reactive ketones (excluding diaryl/α,β-unsaturated/α-hetero) is 1. The highest BCUT2D eigenvalue weighted by molar-refractivity contribution is 7.98. The number of thioether (sulfide) groups is 1. The maximum absolute atomic E-state index is 13.4. The molecule has 0 saturated carbocycles. The number of methoxy groups -OCH3 is 2. The molecule has 1 aromatic rings. The lowest BCUT2D eigenvalue weighted by Crippen LogP contribution is -2.58. The van der Waals surface area contributed by atoms with Gasteiger partial charge in [-0.3, -0.25) is 33.6 Å². The quantitative estimate of drug-likeness (QED) is 0.0807. The molecular weight excluding hydrogens is 645 g/mol. The van der Waals surface area contributed by atoms with Crippen LogP contribution in [-0.4, -0.2) is 105 Å². The van der Waals surface area contributed by atoms with Crippen LogP contribution in [0.3, 0.4) is 0 Å². The van der Waals surface area contributed by atoms with Gasteiger partial charge in [0.1, 0.15) is 37.4 Å². The summed E-state index contributed by atoms with van der Waals surface area (Å²) in [5.41, 5.74) is 5.88. The molecule has 4 atom stereocenters. The number of esters is 2. The van der Waals surface area contributed by atoms with E-state index in [1.807, 2.05) is 0 Å². The first-order chi connectivity index (χ1) is 22.3. The first-order valence-corrected chi connectivity index (χ1v) is 15.6. The lowest BCUT2D eigenvalue weighted by atomic mass is 10.1. The Balaban J connectivity index is 3.16. The summed E-state index contributed by atoms with van der Waals surface area (Å²) in [5, 5.41) is 9.25. The van der Waals surface area contributed by atoms with E-state index in [4.69, 9.17) is 10.5 Å². The van der Waals surface area contributed by atoms with Gasteiger partial charge >= 0.3 is 18.0 Å². The van der Waals surface area contributed by atoms with Gasteiger partial charge < -0.3 is 41.2 Å². The predicted octanol–water partition coefficient (Wildman–Crippen LogP) is -0.581. The molecule has 6 N–H and O–H groups in total. The first-order valence-electron chi connectivity index (χ1n) is 14.2. The second kappa shape index (κ2) is 21.9. The second-order valence-electron chi connectivity index (χ2n) is 9.89. The molecule has 16 nitrogen and oxygen atoms in total. The minimum absolute atomic E-state index is 0.00373. The number of alkyl carbamates (subject to hydrolysis) is 1. The number of benzene rings is 1. The maximum Gasteiger partial charge on any atom is 0.408 e. The third kappa shape index (κ3) is 15.9. The zero-order valence-corrected chi connectivity index (χ0v) is 27.0. The van der Waals surface area contributed by atoms with Crippen molar-refractivity contribution in [1.82, 2.24) is 21.3 Å². The molecule has 0 aliphatic carbocycles. The average molecular weight is 686 g/mol. The van der Waals surface area contributed by atoms with Gasteiger partial charge in [0.2, 0.25) is 23.6 Å². The topological polar surface area (TPSA) is 238 Å². The number of amides is 5. The minimum Gasteiger partial charge on any atom is -0.469 e. The highest BCUT2D eigenvalue weighted by Crippen LogP contribution is 2.08. The fraction of sp³-hybridized carbons (Fsp3) is 0.517. The summed E-state index contributed by atoms with van der Waals surface area (Å²) in [6, 6.07) is 2.58. The number of carbonyl (C=O) groups is 8. The van der Waals surface area contributed by atoms with Crippen molar-refractivity contribution in [2.24, 2.45) is 5.73 Å². The SMILES string of the molecule is COC(=O)CC(NC(=O)[C@H](CCSC)NC(=O)C(CCC(N)=O)NC(=O)[C@H](CC(=O)OC)NC(=O)OCc1ccccc1)C(=O)CF. The molecule has 260 valence electrons. The standard InChI is InChI=1S/C29H40FN5O11S/c1-44-24(38)13-20(22(36)15-30)34-27(41)19(11-12-47-3)33-26(40)18(9-10-23(31)37)32-28(42)21(14-25(39)45-2)35-29(43)46-16-17-7-5-4-6-8-17/h4-8,18-21H,9-16H2,1-3H3,(H2,31,37)(H,32,42)(H,33,40)(H,34,41)(H,35,43)/t18?,19-,20?,21-/m0/s1. The third-order valence-electron chi connectivity index (χ3n) is 6.41. The molecule has 2 unspecified atom stereocenters. The summed E-state index contributed by atoms with van der Waals surface area (Å²) in [6.45, 7) is -1.63. The van der Waals surface area contributed by atoms with Gasteiger partial charge in [-0.1, -0.05) is 30.3 Å². The van der Waals surface area contributed by atoms with E-state index in [0.29, 0.717) is 11.3 Å². The molecule has 0 radical (unpaired) electrons. The van der Waals surface area contributed by atoms with Crippen molar-refractivity contribution < 1.29 is 57.0 Å². The number of alkyl halides is 1. The number of hydrogen-bond donors (Lipinski definition) is 5. The highest BCUT2D eigenvalue weighted by Gasteiger charge is 2.33. The fourth-order valence-electron chi connectivity index (χ4n) is 3.83. The van der Waals surface area contributed by atoms with Crippen LogP contribution in [0, 0.1) is 0 Å². The van der Waals surface area contributed by atoms with Crippen LogP contribution in [-0.2, 0) is 54.4 Å². The van der Waals surface area contributed by atoms with Crippen LogP contribution in [0.15, 0.2) is 30.3 Å². The molecule has 0 saturated heterocycles. The van der Waals surface area contributed by atoms with Crippen LogP contribution in [0.25, 0.3) is 0 Å². The average Bonchev–Trinajstić information content (AvgIpc) is 3.06. The van der Waals surface area contributed by atoms with E-state index in [1.54, 1.807) is 36.6 Å². The van der Waals surface area contributed by atoms with Crippen molar-refractivity contribution >= 4 is 59.2 Å². The van der Waals surface area contributed by atoms with E-state index < -0.39 is 91.1 Å². The summed E-state index contributed by atoms with van der Waals surface area (Å²) in [5.74, 6) is -6.31.